The number of hydrogen-bond donors (Lipinski definition) is 2. The second kappa shape index (κ2) is 5.14. The Labute approximate surface area is 101 Å². The molecule has 1 rings (SSSR count). The van der Waals surface area contributed by atoms with Crippen LogP contribution in [0, 0.1) is 0 Å². The van der Waals surface area contributed by atoms with E-state index in [1.54, 1.807) is 26.1 Å². The minimum absolute atomic E-state index is 0.0790. The maximum atomic E-state index is 11.6. The van der Waals surface area contributed by atoms with E-state index in [9.17, 15) is 9.59 Å². The summed E-state index contributed by atoms with van der Waals surface area (Å²) >= 11 is 0. The Morgan fingerprint density at radius 2 is 2.12 bits per heavy atom. The van der Waals surface area contributed by atoms with Crippen LogP contribution < -0.4 is 16.6 Å². The van der Waals surface area contributed by atoms with Gasteiger partial charge in [-0.2, -0.15) is 0 Å². The molecule has 0 atom stereocenters. The SMILES string of the molecule is CCn1cc(NC(=O)CC(C)(C)N)ccc1=O. The smallest absolute Gasteiger partial charge is 0.250 e. The van der Waals surface area contributed by atoms with Crippen molar-refractivity contribution in [3.63, 3.8) is 0 Å². The quantitative estimate of drug-likeness (QED) is 0.818. The third kappa shape index (κ3) is 4.40. The van der Waals surface area contributed by atoms with Crippen molar-refractivity contribution in [1.82, 2.24) is 4.57 Å². The lowest BCUT2D eigenvalue weighted by molar-refractivity contribution is -0.117. The summed E-state index contributed by atoms with van der Waals surface area (Å²) in [5.41, 5.74) is 5.75. The van der Waals surface area contributed by atoms with E-state index in [0.717, 1.165) is 0 Å². The van der Waals surface area contributed by atoms with Crippen LogP contribution in [-0.4, -0.2) is 16.0 Å². The molecule has 0 saturated heterocycles. The van der Waals surface area contributed by atoms with Crippen molar-refractivity contribution in [3.8, 4) is 0 Å². The molecule has 0 fully saturated rings. The molecule has 5 heteroatoms. The molecule has 3 N–H and O–H groups in total. The number of aromatic nitrogens is 1. The molecule has 1 aromatic heterocycles. The summed E-state index contributed by atoms with van der Waals surface area (Å²) in [7, 11) is 0. The molecule has 0 unspecified atom stereocenters. The number of nitrogens with one attached hydrogen (secondary N) is 1. The average Bonchev–Trinajstić information content (AvgIpc) is 2.18. The Morgan fingerprint density at radius 3 is 2.65 bits per heavy atom. The molecule has 94 valence electrons. The van der Waals surface area contributed by atoms with Gasteiger partial charge in [0.2, 0.25) is 5.91 Å². The number of aryl methyl sites for hydroxylation is 1. The Balaban J connectivity index is 2.76. The molecule has 1 heterocycles. The molecule has 0 aromatic carbocycles. The number of nitrogens with zero attached hydrogens (tertiary/aromatic N) is 1. The summed E-state index contributed by atoms with van der Waals surface area (Å²) in [5, 5.41) is 2.72. The molecule has 1 aromatic rings. The van der Waals surface area contributed by atoms with E-state index in [4.69, 9.17) is 5.73 Å². The van der Waals surface area contributed by atoms with Crippen LogP contribution >= 0.6 is 0 Å². The zero-order chi connectivity index (χ0) is 13.1. The summed E-state index contributed by atoms with van der Waals surface area (Å²) in [6.07, 6.45) is 1.86. The third-order valence-corrected chi connectivity index (χ3v) is 2.22. The fourth-order valence-electron chi connectivity index (χ4n) is 1.47. The highest BCUT2D eigenvalue weighted by Crippen LogP contribution is 2.08. The predicted molar refractivity (Wildman–Crippen MR) is 67.9 cm³/mol. The monoisotopic (exact) mass is 237 g/mol. The maximum absolute atomic E-state index is 11.6. The van der Waals surface area contributed by atoms with E-state index in [-0.39, 0.29) is 17.9 Å². The molecular weight excluding hydrogens is 218 g/mol. The van der Waals surface area contributed by atoms with Gasteiger partial charge in [0.15, 0.2) is 0 Å². The molecule has 1 amide bonds. The highest BCUT2D eigenvalue weighted by molar-refractivity contribution is 5.91. The molecule has 0 spiro atoms. The van der Waals surface area contributed by atoms with Crippen LogP contribution in [-0.2, 0) is 11.3 Å². The molecular formula is C12H19N3O2. The second-order valence-electron chi connectivity index (χ2n) is 4.76. The number of anilines is 1. The van der Waals surface area contributed by atoms with E-state index in [1.165, 1.54) is 10.6 Å². The van der Waals surface area contributed by atoms with Gasteiger partial charge in [0.05, 0.1) is 5.69 Å². The van der Waals surface area contributed by atoms with Crippen molar-refractivity contribution in [2.24, 2.45) is 5.73 Å². The van der Waals surface area contributed by atoms with Crippen LogP contribution in [0.1, 0.15) is 27.2 Å². The summed E-state index contributed by atoms with van der Waals surface area (Å²) in [6, 6.07) is 3.03. The normalized spacial score (nSPS) is 11.3. The maximum Gasteiger partial charge on any atom is 0.250 e. The van der Waals surface area contributed by atoms with Crippen molar-refractivity contribution in [2.75, 3.05) is 5.32 Å². The molecule has 0 saturated carbocycles. The lowest BCUT2D eigenvalue weighted by atomic mass is 10.0. The van der Waals surface area contributed by atoms with E-state index < -0.39 is 5.54 Å². The summed E-state index contributed by atoms with van der Waals surface area (Å²) in [5.74, 6) is -0.154. The van der Waals surface area contributed by atoms with Crippen molar-refractivity contribution in [1.29, 1.82) is 0 Å². The number of rotatable bonds is 4. The Morgan fingerprint density at radius 1 is 1.47 bits per heavy atom. The van der Waals surface area contributed by atoms with Crippen molar-refractivity contribution >= 4 is 11.6 Å². The number of carbonyl (C=O) groups excluding carboxylic acids is 1. The first-order valence-electron chi connectivity index (χ1n) is 5.61. The molecule has 0 bridgehead atoms. The largest absolute Gasteiger partial charge is 0.325 e. The van der Waals surface area contributed by atoms with Crippen LogP contribution in [0.3, 0.4) is 0 Å². The van der Waals surface area contributed by atoms with Gasteiger partial charge >= 0.3 is 0 Å². The van der Waals surface area contributed by atoms with Crippen LogP contribution in [0.4, 0.5) is 5.69 Å². The number of pyridine rings is 1. The Kier molecular flexibility index (Phi) is 4.07. The summed E-state index contributed by atoms with van der Waals surface area (Å²) in [6.45, 7) is 6.03. The van der Waals surface area contributed by atoms with Crippen LogP contribution in [0.25, 0.3) is 0 Å². The lowest BCUT2D eigenvalue weighted by Gasteiger charge is -2.17. The van der Waals surface area contributed by atoms with E-state index in [1.807, 2.05) is 6.92 Å². The molecule has 0 aliphatic rings. The number of carbonyl (C=O) groups is 1. The first kappa shape index (κ1) is 13.4. The van der Waals surface area contributed by atoms with Gasteiger partial charge in [0.1, 0.15) is 0 Å². The fourth-order valence-corrected chi connectivity index (χ4v) is 1.47. The highest BCUT2D eigenvalue weighted by Gasteiger charge is 2.16. The first-order chi connectivity index (χ1) is 7.81. The predicted octanol–water partition coefficient (Wildman–Crippen LogP) is 0.934. The lowest BCUT2D eigenvalue weighted by Crippen LogP contribution is -2.36. The Hall–Kier alpha value is -1.62. The second-order valence-corrected chi connectivity index (χ2v) is 4.76. The van der Waals surface area contributed by atoms with Crippen LogP contribution in [0.2, 0.25) is 0 Å². The van der Waals surface area contributed by atoms with Gasteiger partial charge in [-0.05, 0) is 26.8 Å². The molecule has 5 nitrogen and oxygen atoms in total. The van der Waals surface area contributed by atoms with Gasteiger partial charge in [-0.25, -0.2) is 0 Å². The van der Waals surface area contributed by atoms with E-state index in [2.05, 4.69) is 5.32 Å². The fraction of sp³-hybridized carbons (Fsp3) is 0.500. The third-order valence-electron chi connectivity index (χ3n) is 2.22. The van der Waals surface area contributed by atoms with Crippen LogP contribution in [0.15, 0.2) is 23.1 Å². The first-order valence-corrected chi connectivity index (χ1v) is 5.61. The van der Waals surface area contributed by atoms with Crippen molar-refractivity contribution in [2.45, 2.75) is 39.3 Å². The standard InChI is InChI=1S/C12H19N3O2/c1-4-15-8-9(5-6-11(15)17)14-10(16)7-12(2,3)13/h5-6,8H,4,7,13H2,1-3H3,(H,14,16). The number of amides is 1. The van der Waals surface area contributed by atoms with Gasteiger partial charge < -0.3 is 15.6 Å². The van der Waals surface area contributed by atoms with Gasteiger partial charge in [-0.3, -0.25) is 9.59 Å². The minimum Gasteiger partial charge on any atom is -0.325 e. The van der Waals surface area contributed by atoms with E-state index >= 15 is 0 Å². The van der Waals surface area contributed by atoms with Crippen LogP contribution in [0.5, 0.6) is 0 Å². The number of nitrogens with two attached hydrogens (primary N) is 1. The van der Waals surface area contributed by atoms with Gasteiger partial charge in [-0.1, -0.05) is 0 Å². The minimum atomic E-state index is -0.538. The number of hydrogen-bond acceptors (Lipinski definition) is 3. The average molecular weight is 237 g/mol. The van der Waals surface area contributed by atoms with Crippen molar-refractivity contribution in [3.05, 3.63) is 28.7 Å². The summed E-state index contributed by atoms with van der Waals surface area (Å²) in [4.78, 5) is 23.0. The molecule has 17 heavy (non-hydrogen) atoms. The topological polar surface area (TPSA) is 77.1 Å². The van der Waals surface area contributed by atoms with Gasteiger partial charge in [0, 0.05) is 30.8 Å². The van der Waals surface area contributed by atoms with Gasteiger partial charge in [-0.15, -0.1) is 0 Å². The van der Waals surface area contributed by atoms with Crippen molar-refractivity contribution < 1.29 is 4.79 Å². The molecule has 0 radical (unpaired) electrons. The molecule has 0 aliphatic carbocycles. The Bertz CT molecular complexity index is 458. The van der Waals surface area contributed by atoms with E-state index in [0.29, 0.717) is 12.2 Å². The van der Waals surface area contributed by atoms with Gasteiger partial charge in [0.25, 0.3) is 5.56 Å². The highest BCUT2D eigenvalue weighted by atomic mass is 16.1. The zero-order valence-electron chi connectivity index (χ0n) is 10.5. The molecule has 0 aliphatic heterocycles. The summed E-state index contributed by atoms with van der Waals surface area (Å²) < 4.78 is 1.53. The zero-order valence-corrected chi connectivity index (χ0v) is 10.5.